The van der Waals surface area contributed by atoms with Crippen LogP contribution in [0.25, 0.3) is 0 Å². The molecule has 0 unspecified atom stereocenters. The van der Waals surface area contributed by atoms with E-state index >= 15 is 0 Å². The van der Waals surface area contributed by atoms with Gasteiger partial charge in [0.15, 0.2) is 0 Å². The molecule has 0 bridgehead atoms. The molecule has 1 rings (SSSR count). The minimum Gasteiger partial charge on any atom is -0.388 e. The number of aliphatic hydroxyl groups is 1. The topological polar surface area (TPSA) is 20.2 Å². The van der Waals surface area contributed by atoms with Gasteiger partial charge in [-0.1, -0.05) is 44.0 Å². The van der Waals surface area contributed by atoms with Gasteiger partial charge in [-0.15, -0.1) is 0 Å². The van der Waals surface area contributed by atoms with Crippen LogP contribution in [0.2, 0.25) is 0 Å². The van der Waals surface area contributed by atoms with E-state index in [1.165, 1.54) is 5.56 Å². The summed E-state index contributed by atoms with van der Waals surface area (Å²) in [6, 6.07) is 8.04. The number of unbranched alkanes of at least 4 members (excludes halogenated alkanes) is 1. The van der Waals surface area contributed by atoms with E-state index < -0.39 is 0 Å². The molecule has 0 aliphatic heterocycles. The van der Waals surface area contributed by atoms with Gasteiger partial charge in [0.1, 0.15) is 0 Å². The fourth-order valence-electron chi connectivity index (χ4n) is 1.51. The second kappa shape index (κ2) is 5.03. The molecular weight excluding hydrogens is 160 g/mol. The average Bonchev–Trinajstić information content (AvgIpc) is 2.15. The number of aliphatic hydroxyl groups excluding tert-OH is 1. The standard InChI is InChI=1S/C12H18O/c1-3-4-9-12(13)11-8-6-5-7-10(11)2/h5-8,12-13H,3-4,9H2,1-2H3/t12-/m1/s1. The highest BCUT2D eigenvalue weighted by Gasteiger charge is 2.07. The van der Waals surface area contributed by atoms with Crippen LogP contribution in [0, 0.1) is 6.92 Å². The monoisotopic (exact) mass is 178 g/mol. The molecule has 72 valence electrons. The summed E-state index contributed by atoms with van der Waals surface area (Å²) in [6.07, 6.45) is 2.83. The molecule has 1 heteroatoms. The molecule has 0 saturated heterocycles. The fourth-order valence-corrected chi connectivity index (χ4v) is 1.51. The van der Waals surface area contributed by atoms with Crippen LogP contribution in [0.15, 0.2) is 24.3 Å². The van der Waals surface area contributed by atoms with Crippen LogP contribution in [0.5, 0.6) is 0 Å². The number of benzene rings is 1. The predicted molar refractivity (Wildman–Crippen MR) is 55.7 cm³/mol. The molecule has 0 spiro atoms. The first kappa shape index (κ1) is 10.3. The lowest BCUT2D eigenvalue weighted by Gasteiger charge is -2.12. The summed E-state index contributed by atoms with van der Waals surface area (Å²) in [5, 5.41) is 9.83. The van der Waals surface area contributed by atoms with Crippen LogP contribution < -0.4 is 0 Å². The molecule has 1 aromatic carbocycles. The lowest BCUT2D eigenvalue weighted by molar-refractivity contribution is 0.163. The van der Waals surface area contributed by atoms with E-state index in [-0.39, 0.29) is 6.10 Å². The largest absolute Gasteiger partial charge is 0.388 e. The molecule has 1 N–H and O–H groups in total. The van der Waals surface area contributed by atoms with Crippen molar-refractivity contribution in [3.8, 4) is 0 Å². The maximum absolute atomic E-state index is 9.83. The van der Waals surface area contributed by atoms with Crippen molar-refractivity contribution in [2.75, 3.05) is 0 Å². The van der Waals surface area contributed by atoms with E-state index in [1.807, 2.05) is 31.2 Å². The Morgan fingerprint density at radius 3 is 2.62 bits per heavy atom. The lowest BCUT2D eigenvalue weighted by atomic mass is 10.00. The third-order valence-corrected chi connectivity index (χ3v) is 2.38. The first-order valence-electron chi connectivity index (χ1n) is 4.99. The Morgan fingerprint density at radius 2 is 2.00 bits per heavy atom. The van der Waals surface area contributed by atoms with Gasteiger partial charge in [0, 0.05) is 0 Å². The highest BCUT2D eigenvalue weighted by molar-refractivity contribution is 5.27. The number of hydrogen-bond donors (Lipinski definition) is 1. The predicted octanol–water partition coefficient (Wildman–Crippen LogP) is 3.22. The van der Waals surface area contributed by atoms with Crippen LogP contribution in [0.4, 0.5) is 0 Å². The summed E-state index contributed by atoms with van der Waals surface area (Å²) in [5.41, 5.74) is 2.27. The Hall–Kier alpha value is -0.820. The van der Waals surface area contributed by atoms with Crippen LogP contribution in [0.3, 0.4) is 0 Å². The zero-order chi connectivity index (χ0) is 9.68. The van der Waals surface area contributed by atoms with E-state index in [1.54, 1.807) is 0 Å². The zero-order valence-electron chi connectivity index (χ0n) is 8.46. The van der Waals surface area contributed by atoms with E-state index in [0.717, 1.165) is 24.8 Å². The molecule has 1 nitrogen and oxygen atoms in total. The van der Waals surface area contributed by atoms with Crippen molar-refractivity contribution in [2.45, 2.75) is 39.2 Å². The van der Waals surface area contributed by atoms with Gasteiger partial charge in [0.05, 0.1) is 6.10 Å². The molecule has 0 heterocycles. The second-order valence-corrected chi connectivity index (χ2v) is 3.51. The highest BCUT2D eigenvalue weighted by Crippen LogP contribution is 2.21. The van der Waals surface area contributed by atoms with Crippen molar-refractivity contribution >= 4 is 0 Å². The van der Waals surface area contributed by atoms with E-state index in [2.05, 4.69) is 6.92 Å². The molecular formula is C12H18O. The van der Waals surface area contributed by atoms with Crippen LogP contribution in [-0.4, -0.2) is 5.11 Å². The molecule has 0 radical (unpaired) electrons. The SMILES string of the molecule is CCCC[C@@H](O)c1ccccc1C. The van der Waals surface area contributed by atoms with Crippen molar-refractivity contribution in [3.63, 3.8) is 0 Å². The number of rotatable bonds is 4. The van der Waals surface area contributed by atoms with Crippen molar-refractivity contribution in [1.82, 2.24) is 0 Å². The fraction of sp³-hybridized carbons (Fsp3) is 0.500. The zero-order valence-corrected chi connectivity index (χ0v) is 8.46. The Morgan fingerprint density at radius 1 is 1.31 bits per heavy atom. The summed E-state index contributed by atoms with van der Waals surface area (Å²) in [6.45, 7) is 4.19. The minimum atomic E-state index is -0.277. The van der Waals surface area contributed by atoms with Gasteiger partial charge in [-0.2, -0.15) is 0 Å². The van der Waals surface area contributed by atoms with Crippen molar-refractivity contribution in [3.05, 3.63) is 35.4 Å². The normalized spacial score (nSPS) is 12.8. The van der Waals surface area contributed by atoms with Gasteiger partial charge in [0.25, 0.3) is 0 Å². The van der Waals surface area contributed by atoms with Crippen molar-refractivity contribution < 1.29 is 5.11 Å². The smallest absolute Gasteiger partial charge is 0.0792 e. The molecule has 0 saturated carbocycles. The Balaban J connectivity index is 2.65. The summed E-state index contributed by atoms with van der Waals surface area (Å²) in [5.74, 6) is 0. The molecule has 0 aliphatic rings. The summed E-state index contributed by atoms with van der Waals surface area (Å²) < 4.78 is 0. The van der Waals surface area contributed by atoms with Gasteiger partial charge >= 0.3 is 0 Å². The van der Waals surface area contributed by atoms with Crippen molar-refractivity contribution in [2.24, 2.45) is 0 Å². The number of hydrogen-bond acceptors (Lipinski definition) is 1. The van der Waals surface area contributed by atoms with E-state index in [0.29, 0.717) is 0 Å². The van der Waals surface area contributed by atoms with Gasteiger partial charge < -0.3 is 5.11 Å². The summed E-state index contributed by atoms with van der Waals surface area (Å²) in [7, 11) is 0. The highest BCUT2D eigenvalue weighted by atomic mass is 16.3. The van der Waals surface area contributed by atoms with Gasteiger partial charge in [-0.25, -0.2) is 0 Å². The average molecular weight is 178 g/mol. The summed E-state index contributed by atoms with van der Waals surface area (Å²) in [4.78, 5) is 0. The van der Waals surface area contributed by atoms with Gasteiger partial charge in [-0.3, -0.25) is 0 Å². The number of aryl methyl sites for hydroxylation is 1. The van der Waals surface area contributed by atoms with Crippen LogP contribution in [-0.2, 0) is 0 Å². The van der Waals surface area contributed by atoms with Crippen molar-refractivity contribution in [1.29, 1.82) is 0 Å². The molecule has 0 aliphatic carbocycles. The van der Waals surface area contributed by atoms with E-state index in [4.69, 9.17) is 0 Å². The molecule has 1 aromatic rings. The minimum absolute atomic E-state index is 0.277. The Bertz CT molecular complexity index is 255. The maximum atomic E-state index is 9.83. The first-order chi connectivity index (χ1) is 6.25. The molecule has 0 amide bonds. The first-order valence-corrected chi connectivity index (χ1v) is 4.99. The van der Waals surface area contributed by atoms with E-state index in [9.17, 15) is 5.11 Å². The van der Waals surface area contributed by atoms with Crippen LogP contribution >= 0.6 is 0 Å². The van der Waals surface area contributed by atoms with Gasteiger partial charge in [-0.05, 0) is 24.5 Å². The van der Waals surface area contributed by atoms with Gasteiger partial charge in [0.2, 0.25) is 0 Å². The second-order valence-electron chi connectivity index (χ2n) is 3.51. The molecule has 0 fully saturated rings. The lowest BCUT2D eigenvalue weighted by Crippen LogP contribution is -1.99. The third kappa shape index (κ3) is 2.85. The Labute approximate surface area is 80.4 Å². The molecule has 1 atom stereocenters. The maximum Gasteiger partial charge on any atom is 0.0792 e. The molecule has 0 aromatic heterocycles. The summed E-state index contributed by atoms with van der Waals surface area (Å²) >= 11 is 0. The quantitative estimate of drug-likeness (QED) is 0.750. The third-order valence-electron chi connectivity index (χ3n) is 2.38. The van der Waals surface area contributed by atoms with Crippen LogP contribution in [0.1, 0.15) is 43.4 Å². The Kier molecular flexibility index (Phi) is 3.97. The molecule has 13 heavy (non-hydrogen) atoms.